The molecule has 0 aliphatic carbocycles. The van der Waals surface area contributed by atoms with E-state index >= 15 is 0 Å². The molecule has 0 saturated carbocycles. The Kier molecular flexibility index (Phi) is 7.73. The molecule has 2 saturated heterocycles. The van der Waals surface area contributed by atoms with Crippen LogP contribution in [-0.2, 0) is 17.4 Å². The maximum Gasteiger partial charge on any atom is 0.416 e. The van der Waals surface area contributed by atoms with Crippen molar-refractivity contribution in [2.75, 3.05) is 68.5 Å². The third-order valence-electron chi connectivity index (χ3n) is 6.82. The molecule has 0 unspecified atom stereocenters. The smallest absolute Gasteiger partial charge is 0.357 e. The molecule has 2 aliphatic heterocycles. The predicted molar refractivity (Wildman–Crippen MR) is 129 cm³/mol. The highest BCUT2D eigenvalue weighted by Crippen LogP contribution is 2.33. The van der Waals surface area contributed by atoms with Crippen molar-refractivity contribution in [2.45, 2.75) is 31.9 Å². The molecule has 2 fully saturated rings. The number of ketones is 1. The van der Waals surface area contributed by atoms with E-state index in [0.717, 1.165) is 32.2 Å². The molecule has 0 radical (unpaired) electrons. The summed E-state index contributed by atoms with van der Waals surface area (Å²) in [5, 5.41) is 3.01. The Bertz CT molecular complexity index is 1020. The second-order valence-electron chi connectivity index (χ2n) is 9.18. The summed E-state index contributed by atoms with van der Waals surface area (Å²) in [6.07, 6.45) is -2.94. The van der Waals surface area contributed by atoms with Gasteiger partial charge >= 0.3 is 6.18 Å². The van der Waals surface area contributed by atoms with Gasteiger partial charge in [-0.15, -0.1) is 0 Å². The van der Waals surface area contributed by atoms with Crippen LogP contribution >= 0.6 is 0 Å². The molecular weight excluding hydrogens is 459 g/mol. The van der Waals surface area contributed by atoms with Crippen LogP contribution in [0.4, 0.5) is 31.0 Å². The first-order chi connectivity index (χ1) is 16.7. The molecule has 11 heteroatoms. The minimum atomic E-state index is -4.41. The molecule has 35 heavy (non-hydrogen) atoms. The van der Waals surface area contributed by atoms with Crippen molar-refractivity contribution >= 4 is 23.6 Å². The zero-order chi connectivity index (χ0) is 25.0. The van der Waals surface area contributed by atoms with Crippen molar-refractivity contribution in [3.8, 4) is 0 Å². The number of Topliss-reactive ketones (excluding diaryl/α,β-unsaturated/α-hetero) is 1. The van der Waals surface area contributed by atoms with Crippen LogP contribution < -0.4 is 15.1 Å². The molecule has 0 spiro atoms. The lowest BCUT2D eigenvalue weighted by molar-refractivity contribution is -0.138. The number of nitrogens with one attached hydrogen (secondary N) is 1. The molecule has 190 valence electrons. The Balaban J connectivity index is 1.36. The summed E-state index contributed by atoms with van der Waals surface area (Å²) in [6, 6.07) is 5.48. The van der Waals surface area contributed by atoms with Crippen LogP contribution in [0.2, 0.25) is 0 Å². The van der Waals surface area contributed by atoms with Gasteiger partial charge in [0.15, 0.2) is 0 Å². The second-order valence-corrected chi connectivity index (χ2v) is 9.18. The Morgan fingerprint density at radius 1 is 0.971 bits per heavy atom. The Morgan fingerprint density at radius 3 is 2.17 bits per heavy atom. The summed E-state index contributed by atoms with van der Waals surface area (Å²) in [5.41, 5.74) is -0.485. The number of anilines is 3. The number of piperidine rings is 1. The summed E-state index contributed by atoms with van der Waals surface area (Å²) >= 11 is 0. The van der Waals surface area contributed by atoms with Crippen molar-refractivity contribution in [2.24, 2.45) is 5.92 Å². The first-order valence-electron chi connectivity index (χ1n) is 12.0. The third kappa shape index (κ3) is 6.19. The average molecular weight is 492 g/mol. The van der Waals surface area contributed by atoms with Gasteiger partial charge in [-0.3, -0.25) is 4.79 Å². The lowest BCUT2D eigenvalue weighted by Gasteiger charge is -2.34. The number of halogens is 3. The van der Waals surface area contributed by atoms with Crippen LogP contribution in [0.5, 0.6) is 0 Å². The zero-order valence-corrected chi connectivity index (χ0v) is 20.2. The minimum absolute atomic E-state index is 0.0197. The summed E-state index contributed by atoms with van der Waals surface area (Å²) in [4.78, 5) is 33.0. The normalized spacial score (nSPS) is 18.1. The molecule has 4 rings (SSSR count). The average Bonchev–Trinajstić information content (AvgIpc) is 2.87. The quantitative estimate of drug-likeness (QED) is 0.633. The van der Waals surface area contributed by atoms with Gasteiger partial charge in [0.1, 0.15) is 5.78 Å². The van der Waals surface area contributed by atoms with E-state index in [1.54, 1.807) is 13.1 Å². The number of rotatable bonds is 7. The molecule has 1 aromatic heterocycles. The summed E-state index contributed by atoms with van der Waals surface area (Å²) < 4.78 is 39.7. The van der Waals surface area contributed by atoms with E-state index in [1.165, 1.54) is 12.1 Å². The maximum atomic E-state index is 13.2. The van der Waals surface area contributed by atoms with Crippen molar-refractivity contribution < 1.29 is 18.0 Å². The maximum absolute atomic E-state index is 13.2. The first-order valence-corrected chi connectivity index (χ1v) is 12.0. The van der Waals surface area contributed by atoms with Crippen LogP contribution in [0.25, 0.3) is 0 Å². The largest absolute Gasteiger partial charge is 0.416 e. The number of carbonyl (C=O) groups excluding carboxylic acids is 1. The fraction of sp³-hybridized carbons (Fsp3) is 0.583. The van der Waals surface area contributed by atoms with E-state index in [9.17, 15) is 18.0 Å². The first kappa shape index (κ1) is 25.2. The molecular formula is C24H32F3N7O. The van der Waals surface area contributed by atoms with Crippen LogP contribution in [0.3, 0.4) is 0 Å². The van der Waals surface area contributed by atoms with Crippen molar-refractivity contribution in [3.05, 3.63) is 35.4 Å². The third-order valence-corrected chi connectivity index (χ3v) is 6.82. The number of nitrogens with zero attached hydrogens (tertiary/aromatic N) is 6. The van der Waals surface area contributed by atoms with Crippen LogP contribution in [0.1, 0.15) is 30.4 Å². The van der Waals surface area contributed by atoms with Gasteiger partial charge in [0.2, 0.25) is 17.8 Å². The number of benzene rings is 1. The van der Waals surface area contributed by atoms with E-state index in [1.807, 2.05) is 0 Å². The Hall–Kier alpha value is -2.95. The van der Waals surface area contributed by atoms with E-state index in [0.29, 0.717) is 43.8 Å². The van der Waals surface area contributed by atoms with E-state index < -0.39 is 11.7 Å². The molecule has 0 atom stereocenters. The highest BCUT2D eigenvalue weighted by Gasteiger charge is 2.33. The van der Waals surface area contributed by atoms with Gasteiger partial charge in [-0.2, -0.15) is 28.1 Å². The molecule has 1 aromatic carbocycles. The van der Waals surface area contributed by atoms with Crippen LogP contribution in [0, 0.1) is 5.92 Å². The molecule has 2 aliphatic rings. The minimum Gasteiger partial charge on any atom is -0.357 e. The van der Waals surface area contributed by atoms with Gasteiger partial charge in [-0.25, -0.2) is 0 Å². The van der Waals surface area contributed by atoms with E-state index in [2.05, 4.69) is 37.0 Å². The van der Waals surface area contributed by atoms with Crippen LogP contribution in [-0.4, -0.2) is 79.0 Å². The molecule has 0 bridgehead atoms. The molecule has 1 N–H and O–H groups in total. The fourth-order valence-electron chi connectivity index (χ4n) is 4.63. The fourth-order valence-corrected chi connectivity index (χ4v) is 4.63. The molecule has 0 amide bonds. The van der Waals surface area contributed by atoms with Crippen molar-refractivity contribution in [1.29, 1.82) is 0 Å². The Labute approximate surface area is 203 Å². The number of likely N-dealkylation sites (N-methyl/N-ethyl adjacent to an activating group) is 1. The van der Waals surface area contributed by atoms with Gasteiger partial charge in [-0.05, 0) is 37.9 Å². The summed E-state index contributed by atoms with van der Waals surface area (Å²) in [6.45, 7) is 4.80. The van der Waals surface area contributed by atoms with Crippen molar-refractivity contribution in [1.82, 2.24) is 19.9 Å². The monoisotopic (exact) mass is 491 g/mol. The van der Waals surface area contributed by atoms with Gasteiger partial charge in [0.25, 0.3) is 0 Å². The number of aromatic nitrogens is 3. The number of hydrogen-bond acceptors (Lipinski definition) is 8. The van der Waals surface area contributed by atoms with Gasteiger partial charge in [-0.1, -0.05) is 18.2 Å². The standard InChI is InChI=1S/C24H32F3N7O/c1-28-21-29-22(31-23(30-21)34-15-13-32(2)14-16-34)33-11-9-18(10-12-33)20(35)8-7-17-5-3-4-6-19(17)24(25,26)27/h3-6,18H,7-16H2,1-2H3,(H,28,29,30,31). The second kappa shape index (κ2) is 10.8. The lowest BCUT2D eigenvalue weighted by atomic mass is 9.89. The lowest BCUT2D eigenvalue weighted by Crippen LogP contribution is -2.45. The number of piperazine rings is 1. The zero-order valence-electron chi connectivity index (χ0n) is 20.2. The van der Waals surface area contributed by atoms with E-state index in [-0.39, 0.29) is 30.1 Å². The highest BCUT2D eigenvalue weighted by atomic mass is 19.4. The SMILES string of the molecule is CNc1nc(N2CCC(C(=O)CCc3ccccc3C(F)(F)F)CC2)nc(N2CCN(C)CC2)n1. The van der Waals surface area contributed by atoms with Gasteiger partial charge in [0, 0.05) is 58.7 Å². The van der Waals surface area contributed by atoms with Gasteiger partial charge in [0.05, 0.1) is 5.56 Å². The molecule has 8 nitrogen and oxygen atoms in total. The Morgan fingerprint density at radius 2 is 1.57 bits per heavy atom. The van der Waals surface area contributed by atoms with Crippen molar-refractivity contribution in [3.63, 3.8) is 0 Å². The number of carbonyl (C=O) groups is 1. The molecule has 2 aromatic rings. The summed E-state index contributed by atoms with van der Waals surface area (Å²) in [7, 11) is 3.87. The number of hydrogen-bond donors (Lipinski definition) is 1. The predicted octanol–water partition coefficient (Wildman–Crippen LogP) is 3.10. The number of alkyl halides is 3. The molecule has 3 heterocycles. The highest BCUT2D eigenvalue weighted by molar-refractivity contribution is 5.81. The van der Waals surface area contributed by atoms with E-state index in [4.69, 9.17) is 4.98 Å². The number of aryl methyl sites for hydroxylation is 1. The summed E-state index contributed by atoms with van der Waals surface area (Å²) in [5.74, 6) is 1.60. The topological polar surface area (TPSA) is 77.5 Å². The van der Waals surface area contributed by atoms with Crippen LogP contribution in [0.15, 0.2) is 24.3 Å². The van der Waals surface area contributed by atoms with Gasteiger partial charge < -0.3 is 20.0 Å².